The summed E-state index contributed by atoms with van der Waals surface area (Å²) >= 11 is 0. The smallest absolute Gasteiger partial charge is 0.123 e. The summed E-state index contributed by atoms with van der Waals surface area (Å²) in [6.07, 6.45) is 2.63. The van der Waals surface area contributed by atoms with Crippen LogP contribution in [0.3, 0.4) is 0 Å². The molecule has 1 atom stereocenters. The quantitative estimate of drug-likeness (QED) is 0.910. The van der Waals surface area contributed by atoms with Gasteiger partial charge in [0, 0.05) is 43.6 Å². The van der Waals surface area contributed by atoms with E-state index in [-0.39, 0.29) is 11.9 Å². The molecule has 0 radical (unpaired) electrons. The second-order valence-corrected chi connectivity index (χ2v) is 4.98. The maximum Gasteiger partial charge on any atom is 0.123 e. The molecule has 0 aliphatic carbocycles. The predicted octanol–water partition coefficient (Wildman–Crippen LogP) is 2.92. The fraction of sp³-hybridized carbons (Fsp3) is 0.312. The van der Waals surface area contributed by atoms with Crippen molar-refractivity contribution in [3.05, 3.63) is 59.7 Å². The summed E-state index contributed by atoms with van der Waals surface area (Å²) in [5.41, 5.74) is 8.77. The van der Waals surface area contributed by atoms with Crippen LogP contribution in [-0.4, -0.2) is 18.6 Å². The van der Waals surface area contributed by atoms with Crippen molar-refractivity contribution in [3.63, 3.8) is 0 Å². The van der Waals surface area contributed by atoms with E-state index in [1.807, 2.05) is 32.2 Å². The molecule has 3 nitrogen and oxygen atoms in total. The third kappa shape index (κ3) is 3.54. The van der Waals surface area contributed by atoms with Gasteiger partial charge >= 0.3 is 0 Å². The highest BCUT2D eigenvalue weighted by Crippen LogP contribution is 2.25. The van der Waals surface area contributed by atoms with Crippen molar-refractivity contribution in [1.29, 1.82) is 0 Å². The summed E-state index contributed by atoms with van der Waals surface area (Å²) in [6, 6.07) is 10.5. The monoisotopic (exact) mass is 273 g/mol. The third-order valence-electron chi connectivity index (χ3n) is 3.32. The topological polar surface area (TPSA) is 42.1 Å². The largest absolute Gasteiger partial charge is 0.374 e. The lowest BCUT2D eigenvalue weighted by molar-refractivity contribution is 0.621. The minimum atomic E-state index is -0.251. The van der Waals surface area contributed by atoms with E-state index < -0.39 is 0 Å². The van der Waals surface area contributed by atoms with Crippen LogP contribution in [0.15, 0.2) is 42.6 Å². The van der Waals surface area contributed by atoms with Gasteiger partial charge in [0.15, 0.2) is 0 Å². The highest BCUT2D eigenvalue weighted by Gasteiger charge is 2.12. The number of anilines is 1. The van der Waals surface area contributed by atoms with Crippen LogP contribution in [-0.2, 0) is 6.42 Å². The van der Waals surface area contributed by atoms with Gasteiger partial charge in [0.2, 0.25) is 0 Å². The first kappa shape index (κ1) is 14.5. The third-order valence-corrected chi connectivity index (χ3v) is 3.32. The zero-order valence-corrected chi connectivity index (χ0v) is 11.9. The molecule has 0 fully saturated rings. The standard InChI is InChI=1S/C16H20FN3/c1-12(18)15-11-13(17)6-7-16(15)20(2)10-8-14-5-3-4-9-19-14/h3-7,9,11-12H,8,10,18H2,1-2H3/t12-/m0/s1. The number of aromatic nitrogens is 1. The molecule has 1 aromatic heterocycles. The van der Waals surface area contributed by atoms with Gasteiger partial charge in [0.1, 0.15) is 5.82 Å². The first-order valence-electron chi connectivity index (χ1n) is 6.74. The summed E-state index contributed by atoms with van der Waals surface area (Å²) in [5, 5.41) is 0. The average Bonchev–Trinajstić information content (AvgIpc) is 2.45. The number of pyridine rings is 1. The molecule has 2 aromatic rings. The second kappa shape index (κ2) is 6.48. The number of benzene rings is 1. The molecule has 106 valence electrons. The predicted molar refractivity (Wildman–Crippen MR) is 80.2 cm³/mol. The molecular weight excluding hydrogens is 253 g/mol. The minimum Gasteiger partial charge on any atom is -0.374 e. The molecule has 0 saturated carbocycles. The van der Waals surface area contributed by atoms with Gasteiger partial charge < -0.3 is 10.6 Å². The number of halogens is 1. The lowest BCUT2D eigenvalue weighted by Gasteiger charge is -2.24. The van der Waals surface area contributed by atoms with Gasteiger partial charge in [-0.15, -0.1) is 0 Å². The van der Waals surface area contributed by atoms with Crippen LogP contribution in [0.5, 0.6) is 0 Å². The molecular formula is C16H20FN3. The van der Waals surface area contributed by atoms with Gasteiger partial charge in [-0.25, -0.2) is 4.39 Å². The highest BCUT2D eigenvalue weighted by molar-refractivity contribution is 5.54. The Bertz CT molecular complexity index is 555. The number of rotatable bonds is 5. The van der Waals surface area contributed by atoms with Crippen molar-refractivity contribution in [2.45, 2.75) is 19.4 Å². The Hall–Kier alpha value is -1.94. The van der Waals surface area contributed by atoms with Gasteiger partial charge in [-0.3, -0.25) is 4.98 Å². The molecule has 0 aliphatic rings. The summed E-state index contributed by atoms with van der Waals surface area (Å²) in [7, 11) is 1.99. The molecule has 4 heteroatoms. The Morgan fingerprint density at radius 3 is 2.75 bits per heavy atom. The first-order chi connectivity index (χ1) is 9.58. The summed E-state index contributed by atoms with van der Waals surface area (Å²) < 4.78 is 13.3. The van der Waals surface area contributed by atoms with Crippen LogP contribution in [0.2, 0.25) is 0 Å². The van der Waals surface area contributed by atoms with Crippen LogP contribution in [0.25, 0.3) is 0 Å². The molecule has 1 aromatic carbocycles. The summed E-state index contributed by atoms with van der Waals surface area (Å²) in [5.74, 6) is -0.251. The molecule has 0 unspecified atom stereocenters. The van der Waals surface area contributed by atoms with E-state index in [2.05, 4.69) is 9.88 Å². The van der Waals surface area contributed by atoms with E-state index >= 15 is 0 Å². The fourth-order valence-electron chi connectivity index (χ4n) is 2.19. The zero-order chi connectivity index (χ0) is 14.5. The maximum absolute atomic E-state index is 13.3. The van der Waals surface area contributed by atoms with Gasteiger partial charge in [-0.1, -0.05) is 6.07 Å². The second-order valence-electron chi connectivity index (χ2n) is 4.98. The van der Waals surface area contributed by atoms with E-state index in [1.165, 1.54) is 12.1 Å². The van der Waals surface area contributed by atoms with Gasteiger partial charge in [-0.05, 0) is 42.8 Å². The zero-order valence-electron chi connectivity index (χ0n) is 11.9. The molecule has 0 aliphatic heterocycles. The highest BCUT2D eigenvalue weighted by atomic mass is 19.1. The Kier molecular flexibility index (Phi) is 4.69. The number of likely N-dealkylation sites (N-methyl/N-ethyl adjacent to an activating group) is 1. The number of nitrogens with two attached hydrogens (primary N) is 1. The van der Waals surface area contributed by atoms with Crippen LogP contribution in [0.4, 0.5) is 10.1 Å². The van der Waals surface area contributed by atoms with Crippen LogP contribution in [0.1, 0.15) is 24.2 Å². The van der Waals surface area contributed by atoms with Crippen LogP contribution >= 0.6 is 0 Å². The van der Waals surface area contributed by atoms with Crippen molar-refractivity contribution in [3.8, 4) is 0 Å². The van der Waals surface area contributed by atoms with E-state index in [9.17, 15) is 4.39 Å². The van der Waals surface area contributed by atoms with Crippen molar-refractivity contribution < 1.29 is 4.39 Å². The van der Waals surface area contributed by atoms with Gasteiger partial charge in [0.25, 0.3) is 0 Å². The van der Waals surface area contributed by atoms with Crippen molar-refractivity contribution in [2.24, 2.45) is 5.73 Å². The van der Waals surface area contributed by atoms with Gasteiger partial charge in [0.05, 0.1) is 0 Å². The molecule has 2 rings (SSSR count). The minimum absolute atomic E-state index is 0.196. The van der Waals surface area contributed by atoms with Gasteiger partial charge in [-0.2, -0.15) is 0 Å². The lowest BCUT2D eigenvalue weighted by Crippen LogP contribution is -2.23. The first-order valence-corrected chi connectivity index (χ1v) is 6.74. The number of hydrogen-bond acceptors (Lipinski definition) is 3. The summed E-state index contributed by atoms with van der Waals surface area (Å²) in [6.45, 7) is 2.67. The Morgan fingerprint density at radius 2 is 2.10 bits per heavy atom. The SMILES string of the molecule is C[C@H](N)c1cc(F)ccc1N(C)CCc1ccccn1. The number of hydrogen-bond donors (Lipinski definition) is 1. The van der Waals surface area contributed by atoms with Crippen molar-refractivity contribution >= 4 is 5.69 Å². The maximum atomic E-state index is 13.3. The molecule has 0 saturated heterocycles. The number of nitrogens with zero attached hydrogens (tertiary/aromatic N) is 2. The Labute approximate surface area is 119 Å². The van der Waals surface area contributed by atoms with Crippen LogP contribution in [0, 0.1) is 5.82 Å². The molecule has 0 spiro atoms. The van der Waals surface area contributed by atoms with Crippen LogP contribution < -0.4 is 10.6 Å². The van der Waals surface area contributed by atoms with E-state index in [4.69, 9.17) is 5.73 Å². The summed E-state index contributed by atoms with van der Waals surface area (Å²) in [4.78, 5) is 6.39. The van der Waals surface area contributed by atoms with Crippen molar-refractivity contribution in [2.75, 3.05) is 18.5 Å². The van der Waals surface area contributed by atoms with E-state index in [0.29, 0.717) is 0 Å². The molecule has 0 bridgehead atoms. The molecule has 20 heavy (non-hydrogen) atoms. The average molecular weight is 273 g/mol. The van der Waals surface area contributed by atoms with E-state index in [0.717, 1.165) is 29.9 Å². The molecule has 1 heterocycles. The fourth-order valence-corrected chi connectivity index (χ4v) is 2.19. The van der Waals surface area contributed by atoms with E-state index in [1.54, 1.807) is 12.3 Å². The Balaban J connectivity index is 2.11. The lowest BCUT2D eigenvalue weighted by atomic mass is 10.1. The normalized spacial score (nSPS) is 12.2. The molecule has 0 amide bonds. The van der Waals surface area contributed by atoms with Crippen molar-refractivity contribution in [1.82, 2.24) is 4.98 Å². The Morgan fingerprint density at radius 1 is 1.30 bits per heavy atom. The molecule has 2 N–H and O–H groups in total.